The highest BCUT2D eigenvalue weighted by molar-refractivity contribution is 5.93. The molecule has 25 heavy (non-hydrogen) atoms. The van der Waals surface area contributed by atoms with Crippen molar-refractivity contribution in [2.75, 3.05) is 7.11 Å². The van der Waals surface area contributed by atoms with Gasteiger partial charge in [0, 0.05) is 5.56 Å². The third-order valence-corrected chi connectivity index (χ3v) is 3.48. The summed E-state index contributed by atoms with van der Waals surface area (Å²) in [6.07, 6.45) is -1.09. The largest absolute Gasteiger partial charge is 0.465 e. The van der Waals surface area contributed by atoms with E-state index in [1.165, 1.54) is 62.6 Å². The number of hydrogen-bond donors (Lipinski definition) is 0. The zero-order valence-corrected chi connectivity index (χ0v) is 13.7. The summed E-state index contributed by atoms with van der Waals surface area (Å²) >= 11 is 0. The number of esters is 2. The number of ketones is 1. The Morgan fingerprint density at radius 2 is 1.44 bits per heavy atom. The summed E-state index contributed by atoms with van der Waals surface area (Å²) in [5.74, 6) is -1.53. The maximum Gasteiger partial charge on any atom is 0.339 e. The van der Waals surface area contributed by atoms with Gasteiger partial charge in [0.25, 0.3) is 0 Å². The Labute approximate surface area is 144 Å². The lowest BCUT2D eigenvalue weighted by Gasteiger charge is -2.16. The third-order valence-electron chi connectivity index (χ3n) is 3.48. The van der Waals surface area contributed by atoms with Gasteiger partial charge in [-0.3, -0.25) is 4.79 Å². The summed E-state index contributed by atoms with van der Waals surface area (Å²) in [5.41, 5.74) is 1.42. The summed E-state index contributed by atoms with van der Waals surface area (Å²) < 4.78 is 9.91. The second-order valence-corrected chi connectivity index (χ2v) is 5.20. The van der Waals surface area contributed by atoms with E-state index in [-0.39, 0.29) is 11.3 Å². The molecule has 0 heterocycles. The predicted octanol–water partition coefficient (Wildman–Crippen LogP) is 2.83. The highest BCUT2D eigenvalue weighted by atomic mass is 16.5. The minimum absolute atomic E-state index is 0.233. The number of nitriles is 1. The Hall–Kier alpha value is -3.46. The van der Waals surface area contributed by atoms with Crippen molar-refractivity contribution >= 4 is 17.7 Å². The summed E-state index contributed by atoms with van der Waals surface area (Å²) in [5, 5.41) is 8.77. The van der Waals surface area contributed by atoms with Gasteiger partial charge < -0.3 is 9.47 Å². The van der Waals surface area contributed by atoms with Gasteiger partial charge in [-0.2, -0.15) is 5.26 Å². The Bertz CT molecular complexity index is 832. The van der Waals surface area contributed by atoms with E-state index in [4.69, 9.17) is 10.00 Å². The van der Waals surface area contributed by atoms with Crippen LogP contribution in [-0.2, 0) is 14.3 Å². The lowest BCUT2D eigenvalue weighted by atomic mass is 10.0. The molecule has 2 rings (SSSR count). The van der Waals surface area contributed by atoms with Crippen molar-refractivity contribution in [2.24, 2.45) is 0 Å². The van der Waals surface area contributed by atoms with Gasteiger partial charge in [-0.25, -0.2) is 9.59 Å². The first-order chi connectivity index (χ1) is 12.0. The predicted molar refractivity (Wildman–Crippen MR) is 87.8 cm³/mol. The van der Waals surface area contributed by atoms with E-state index in [2.05, 4.69) is 4.74 Å². The lowest BCUT2D eigenvalue weighted by Crippen LogP contribution is -2.18. The molecule has 0 N–H and O–H groups in total. The molecule has 1 unspecified atom stereocenters. The maximum absolute atomic E-state index is 12.2. The average molecular weight is 337 g/mol. The Morgan fingerprint density at radius 3 is 1.92 bits per heavy atom. The number of hydrogen-bond acceptors (Lipinski definition) is 6. The summed E-state index contributed by atoms with van der Waals surface area (Å²) in [6, 6.07) is 13.9. The van der Waals surface area contributed by atoms with E-state index >= 15 is 0 Å². The zero-order valence-electron chi connectivity index (χ0n) is 13.7. The van der Waals surface area contributed by atoms with Crippen LogP contribution in [0.3, 0.4) is 0 Å². The average Bonchev–Trinajstić information content (AvgIpc) is 2.65. The van der Waals surface area contributed by atoms with Gasteiger partial charge in [0.2, 0.25) is 0 Å². The number of Topliss-reactive ketones (excluding diaryl/α,β-unsaturated/α-hetero) is 1. The molecule has 0 aliphatic heterocycles. The quantitative estimate of drug-likeness (QED) is 0.779. The molecule has 0 aromatic heterocycles. The van der Waals surface area contributed by atoms with Gasteiger partial charge in [0.15, 0.2) is 11.9 Å². The van der Waals surface area contributed by atoms with E-state index in [0.29, 0.717) is 16.7 Å². The van der Waals surface area contributed by atoms with E-state index in [0.717, 1.165) is 0 Å². The van der Waals surface area contributed by atoms with Crippen molar-refractivity contribution in [3.05, 3.63) is 70.8 Å². The van der Waals surface area contributed by atoms with E-state index in [1.54, 1.807) is 0 Å². The van der Waals surface area contributed by atoms with Crippen molar-refractivity contribution in [1.29, 1.82) is 5.26 Å². The molecule has 2 aromatic rings. The lowest BCUT2D eigenvalue weighted by molar-refractivity contribution is -0.125. The van der Waals surface area contributed by atoms with Crippen LogP contribution in [0.5, 0.6) is 0 Å². The van der Waals surface area contributed by atoms with E-state index < -0.39 is 18.0 Å². The van der Waals surface area contributed by atoms with Crippen LogP contribution in [0.15, 0.2) is 48.5 Å². The standard InChI is InChI=1S/C19H15NO5/c1-12(21)17(14-7-9-15(10-8-14)18(22)24-2)25-19(23)16-5-3-13(11-20)4-6-16/h3-10,17H,1-2H3. The number of ether oxygens (including phenoxy) is 2. The van der Waals surface area contributed by atoms with Gasteiger partial charge in [-0.15, -0.1) is 0 Å². The maximum atomic E-state index is 12.2. The third kappa shape index (κ3) is 4.30. The van der Waals surface area contributed by atoms with Gasteiger partial charge in [-0.1, -0.05) is 12.1 Å². The summed E-state index contributed by atoms with van der Waals surface area (Å²) in [7, 11) is 1.27. The molecule has 0 amide bonds. The van der Waals surface area contributed by atoms with Crippen LogP contribution in [0.1, 0.15) is 44.9 Å². The number of carbonyl (C=O) groups excluding carboxylic acids is 3. The second-order valence-electron chi connectivity index (χ2n) is 5.20. The van der Waals surface area contributed by atoms with E-state index in [1.807, 2.05) is 6.07 Å². The molecular weight excluding hydrogens is 322 g/mol. The molecule has 0 aliphatic rings. The Balaban J connectivity index is 2.20. The Kier molecular flexibility index (Phi) is 5.64. The fourth-order valence-electron chi connectivity index (χ4n) is 2.15. The topological polar surface area (TPSA) is 93.5 Å². The first-order valence-corrected chi connectivity index (χ1v) is 7.36. The Morgan fingerprint density at radius 1 is 0.920 bits per heavy atom. The second kappa shape index (κ2) is 7.88. The van der Waals surface area contributed by atoms with Gasteiger partial charge in [0.05, 0.1) is 29.9 Å². The van der Waals surface area contributed by atoms with Crippen molar-refractivity contribution in [3.8, 4) is 6.07 Å². The molecule has 126 valence electrons. The molecule has 0 saturated carbocycles. The van der Waals surface area contributed by atoms with Crippen LogP contribution >= 0.6 is 0 Å². The molecule has 0 fully saturated rings. The molecule has 0 radical (unpaired) electrons. The molecule has 2 aromatic carbocycles. The fraction of sp³-hybridized carbons (Fsp3) is 0.158. The van der Waals surface area contributed by atoms with Crippen LogP contribution in [0.2, 0.25) is 0 Å². The first-order valence-electron chi connectivity index (χ1n) is 7.36. The van der Waals surface area contributed by atoms with Crippen LogP contribution in [0.25, 0.3) is 0 Å². The monoisotopic (exact) mass is 337 g/mol. The minimum atomic E-state index is -1.09. The minimum Gasteiger partial charge on any atom is -0.465 e. The molecule has 0 bridgehead atoms. The summed E-state index contributed by atoms with van der Waals surface area (Å²) in [6.45, 7) is 1.31. The van der Waals surface area contributed by atoms with Crippen LogP contribution < -0.4 is 0 Å². The summed E-state index contributed by atoms with van der Waals surface area (Å²) in [4.78, 5) is 35.5. The highest BCUT2D eigenvalue weighted by Crippen LogP contribution is 2.21. The van der Waals surface area contributed by atoms with Crippen LogP contribution in [-0.4, -0.2) is 24.8 Å². The van der Waals surface area contributed by atoms with Gasteiger partial charge >= 0.3 is 11.9 Å². The SMILES string of the molecule is COC(=O)c1ccc(C(OC(=O)c2ccc(C#N)cc2)C(C)=O)cc1. The highest BCUT2D eigenvalue weighted by Gasteiger charge is 2.23. The number of nitrogens with zero attached hydrogens (tertiary/aromatic N) is 1. The van der Waals surface area contributed by atoms with E-state index in [9.17, 15) is 14.4 Å². The number of rotatable bonds is 5. The molecule has 0 saturated heterocycles. The van der Waals surface area contributed by atoms with Crippen molar-refractivity contribution in [2.45, 2.75) is 13.0 Å². The first kappa shape index (κ1) is 17.9. The molecule has 6 nitrogen and oxygen atoms in total. The number of methoxy groups -OCH3 is 1. The molecule has 6 heteroatoms. The number of benzene rings is 2. The van der Waals surface area contributed by atoms with Crippen LogP contribution in [0.4, 0.5) is 0 Å². The zero-order chi connectivity index (χ0) is 18.4. The van der Waals surface area contributed by atoms with Gasteiger partial charge in [-0.05, 0) is 43.3 Å². The van der Waals surface area contributed by atoms with Crippen molar-refractivity contribution in [3.63, 3.8) is 0 Å². The fourth-order valence-corrected chi connectivity index (χ4v) is 2.15. The molecule has 0 aliphatic carbocycles. The smallest absolute Gasteiger partial charge is 0.339 e. The molecular formula is C19H15NO5. The van der Waals surface area contributed by atoms with Crippen molar-refractivity contribution in [1.82, 2.24) is 0 Å². The number of carbonyl (C=O) groups is 3. The van der Waals surface area contributed by atoms with Crippen molar-refractivity contribution < 1.29 is 23.9 Å². The molecule has 1 atom stereocenters. The normalized spacial score (nSPS) is 11.1. The van der Waals surface area contributed by atoms with Gasteiger partial charge in [0.1, 0.15) is 0 Å². The van der Waals surface area contributed by atoms with Crippen LogP contribution in [0, 0.1) is 11.3 Å². The molecule has 0 spiro atoms.